The number of piperidine rings is 1. The van der Waals surface area contributed by atoms with Crippen LogP contribution in [0.3, 0.4) is 0 Å². The zero-order valence-corrected chi connectivity index (χ0v) is 15.7. The molecule has 0 radical (unpaired) electrons. The third kappa shape index (κ3) is 3.40. The Morgan fingerprint density at radius 3 is 2.77 bits per heavy atom. The van der Waals surface area contributed by atoms with Crippen LogP contribution in [0.4, 0.5) is 4.39 Å². The number of nitrogens with zero attached hydrogens (tertiary/aromatic N) is 4. The molecule has 6 nitrogen and oxygen atoms in total. The number of aromatic nitrogens is 2. The van der Waals surface area contributed by atoms with E-state index in [4.69, 9.17) is 11.6 Å². The number of carbonyl (C=O) groups is 2. The number of amides is 2. The molecule has 0 N–H and O–H groups in total. The molecule has 1 atom stereocenters. The normalized spacial score (nSPS) is 17.5. The van der Waals surface area contributed by atoms with Gasteiger partial charge in [-0.05, 0) is 38.8 Å². The fourth-order valence-corrected chi connectivity index (χ4v) is 3.59. The minimum absolute atomic E-state index is 0.0507. The molecule has 0 aromatic carbocycles. The van der Waals surface area contributed by atoms with E-state index in [9.17, 15) is 14.0 Å². The van der Waals surface area contributed by atoms with Crippen LogP contribution in [0, 0.1) is 11.9 Å². The van der Waals surface area contributed by atoms with Crippen molar-refractivity contribution in [2.24, 2.45) is 5.92 Å². The van der Waals surface area contributed by atoms with Gasteiger partial charge >= 0.3 is 0 Å². The SMILES string of the molecule is CCN(CC)C(=O)[C@@H]1CCCN(C(=O)c2nc3ccc(Cl)cn3c2F)C1. The van der Waals surface area contributed by atoms with E-state index in [-0.39, 0.29) is 17.5 Å². The first-order valence-electron chi connectivity index (χ1n) is 8.87. The highest BCUT2D eigenvalue weighted by Crippen LogP contribution is 2.22. The van der Waals surface area contributed by atoms with Gasteiger partial charge in [-0.15, -0.1) is 0 Å². The predicted octanol–water partition coefficient (Wildman–Crippen LogP) is 2.85. The summed E-state index contributed by atoms with van der Waals surface area (Å²) in [6.45, 7) is 5.94. The number of likely N-dealkylation sites (tertiary alicyclic amines) is 1. The molecular formula is C18H22ClFN4O2. The molecule has 3 heterocycles. The topological polar surface area (TPSA) is 57.9 Å². The number of hydrogen-bond donors (Lipinski definition) is 0. The summed E-state index contributed by atoms with van der Waals surface area (Å²) in [5.41, 5.74) is 0.0891. The van der Waals surface area contributed by atoms with Crippen molar-refractivity contribution in [3.05, 3.63) is 35.0 Å². The number of hydrogen-bond acceptors (Lipinski definition) is 3. The van der Waals surface area contributed by atoms with E-state index in [0.29, 0.717) is 43.3 Å². The second-order valence-electron chi connectivity index (χ2n) is 6.43. The van der Waals surface area contributed by atoms with E-state index in [1.807, 2.05) is 13.8 Å². The fourth-order valence-electron chi connectivity index (χ4n) is 3.43. The van der Waals surface area contributed by atoms with Gasteiger partial charge in [0, 0.05) is 32.4 Å². The fraction of sp³-hybridized carbons (Fsp3) is 0.500. The number of halogens is 2. The quantitative estimate of drug-likeness (QED) is 0.819. The molecule has 0 spiro atoms. The van der Waals surface area contributed by atoms with Gasteiger partial charge in [0.2, 0.25) is 11.9 Å². The van der Waals surface area contributed by atoms with Gasteiger partial charge in [-0.1, -0.05) is 11.6 Å². The van der Waals surface area contributed by atoms with Crippen LogP contribution in [-0.4, -0.2) is 57.2 Å². The molecule has 0 bridgehead atoms. The summed E-state index contributed by atoms with van der Waals surface area (Å²) in [5, 5.41) is 0.357. The highest BCUT2D eigenvalue weighted by molar-refractivity contribution is 6.30. The number of carbonyl (C=O) groups excluding carboxylic acids is 2. The Hall–Kier alpha value is -2.15. The van der Waals surface area contributed by atoms with Crippen molar-refractivity contribution in [1.82, 2.24) is 19.2 Å². The van der Waals surface area contributed by atoms with Gasteiger partial charge < -0.3 is 9.80 Å². The van der Waals surface area contributed by atoms with Crippen LogP contribution in [0.5, 0.6) is 0 Å². The molecule has 1 fully saturated rings. The molecule has 0 aliphatic carbocycles. The molecule has 1 aliphatic heterocycles. The molecule has 2 amide bonds. The van der Waals surface area contributed by atoms with E-state index < -0.39 is 11.9 Å². The maximum absolute atomic E-state index is 14.6. The standard InChI is InChI=1S/C18H22ClFN4O2/c1-3-22(4-2)17(25)12-6-5-9-23(10-12)18(26)15-16(20)24-11-13(19)7-8-14(24)21-15/h7-8,11-12H,3-6,9-10H2,1-2H3/t12-/m1/s1. The number of pyridine rings is 1. The van der Waals surface area contributed by atoms with E-state index in [0.717, 1.165) is 10.8 Å². The highest BCUT2D eigenvalue weighted by Gasteiger charge is 2.33. The second-order valence-corrected chi connectivity index (χ2v) is 6.86. The highest BCUT2D eigenvalue weighted by atomic mass is 35.5. The molecule has 26 heavy (non-hydrogen) atoms. The third-order valence-corrected chi connectivity index (χ3v) is 5.08. The van der Waals surface area contributed by atoms with Gasteiger partial charge in [-0.3, -0.25) is 14.0 Å². The Morgan fingerprint density at radius 2 is 2.08 bits per heavy atom. The van der Waals surface area contributed by atoms with Crippen LogP contribution in [-0.2, 0) is 4.79 Å². The van der Waals surface area contributed by atoms with Crippen molar-refractivity contribution < 1.29 is 14.0 Å². The first-order valence-corrected chi connectivity index (χ1v) is 9.25. The zero-order chi connectivity index (χ0) is 18.8. The number of fused-ring (bicyclic) bond motifs is 1. The average Bonchev–Trinajstić information content (AvgIpc) is 2.98. The van der Waals surface area contributed by atoms with E-state index in [1.165, 1.54) is 11.1 Å². The van der Waals surface area contributed by atoms with Crippen LogP contribution in [0.1, 0.15) is 37.2 Å². The van der Waals surface area contributed by atoms with Crippen LogP contribution in [0.25, 0.3) is 5.65 Å². The van der Waals surface area contributed by atoms with E-state index >= 15 is 0 Å². The molecule has 8 heteroatoms. The van der Waals surface area contributed by atoms with Crippen molar-refractivity contribution in [2.45, 2.75) is 26.7 Å². The Labute approximate surface area is 156 Å². The van der Waals surface area contributed by atoms with Crippen LogP contribution >= 0.6 is 11.6 Å². The minimum Gasteiger partial charge on any atom is -0.343 e. The summed E-state index contributed by atoms with van der Waals surface area (Å²) in [5.74, 6) is -1.42. The van der Waals surface area contributed by atoms with Crippen LogP contribution in [0.2, 0.25) is 5.02 Å². The van der Waals surface area contributed by atoms with Crippen molar-refractivity contribution in [3.8, 4) is 0 Å². The summed E-state index contributed by atoms with van der Waals surface area (Å²) in [6, 6.07) is 3.16. The van der Waals surface area contributed by atoms with Crippen molar-refractivity contribution in [3.63, 3.8) is 0 Å². The molecule has 1 aliphatic rings. The Morgan fingerprint density at radius 1 is 1.35 bits per heavy atom. The molecule has 0 saturated carbocycles. The molecule has 140 valence electrons. The molecule has 1 saturated heterocycles. The average molecular weight is 381 g/mol. The maximum atomic E-state index is 14.6. The lowest BCUT2D eigenvalue weighted by Crippen LogP contribution is -2.47. The van der Waals surface area contributed by atoms with Gasteiger partial charge in [0.25, 0.3) is 5.91 Å². The van der Waals surface area contributed by atoms with E-state index in [2.05, 4.69) is 4.98 Å². The number of imidazole rings is 1. The molecule has 2 aromatic heterocycles. The zero-order valence-electron chi connectivity index (χ0n) is 14.9. The predicted molar refractivity (Wildman–Crippen MR) is 96.7 cm³/mol. The second kappa shape index (κ2) is 7.61. The lowest BCUT2D eigenvalue weighted by Gasteiger charge is -2.34. The summed E-state index contributed by atoms with van der Waals surface area (Å²) >= 11 is 5.89. The third-order valence-electron chi connectivity index (χ3n) is 4.86. The Balaban J connectivity index is 1.81. The summed E-state index contributed by atoms with van der Waals surface area (Å²) in [4.78, 5) is 32.8. The Kier molecular flexibility index (Phi) is 5.46. The van der Waals surface area contributed by atoms with Crippen molar-refractivity contribution in [2.75, 3.05) is 26.2 Å². The van der Waals surface area contributed by atoms with E-state index in [1.54, 1.807) is 17.0 Å². The van der Waals surface area contributed by atoms with Gasteiger partial charge in [-0.2, -0.15) is 4.39 Å². The molecular weight excluding hydrogens is 359 g/mol. The summed E-state index contributed by atoms with van der Waals surface area (Å²) < 4.78 is 15.8. The van der Waals surface area contributed by atoms with Crippen LogP contribution in [0.15, 0.2) is 18.3 Å². The van der Waals surface area contributed by atoms with Gasteiger partial charge in [-0.25, -0.2) is 4.98 Å². The van der Waals surface area contributed by atoms with Gasteiger partial charge in [0.15, 0.2) is 5.69 Å². The van der Waals surface area contributed by atoms with Crippen molar-refractivity contribution >= 4 is 29.1 Å². The van der Waals surface area contributed by atoms with Gasteiger partial charge in [0.1, 0.15) is 5.65 Å². The molecule has 0 unspecified atom stereocenters. The number of rotatable bonds is 4. The smallest absolute Gasteiger partial charge is 0.277 e. The molecule has 3 rings (SSSR count). The monoisotopic (exact) mass is 380 g/mol. The largest absolute Gasteiger partial charge is 0.343 e. The van der Waals surface area contributed by atoms with Crippen molar-refractivity contribution in [1.29, 1.82) is 0 Å². The lowest BCUT2D eigenvalue weighted by molar-refractivity contribution is -0.136. The first kappa shape index (κ1) is 18.6. The summed E-state index contributed by atoms with van der Waals surface area (Å²) in [7, 11) is 0. The van der Waals surface area contributed by atoms with Gasteiger partial charge in [0.05, 0.1) is 10.9 Å². The summed E-state index contributed by atoms with van der Waals surface area (Å²) in [6.07, 6.45) is 2.84. The minimum atomic E-state index is -0.732. The maximum Gasteiger partial charge on any atom is 0.277 e. The Bertz CT molecular complexity index is 834. The first-order chi connectivity index (χ1) is 12.5. The molecule has 2 aromatic rings. The lowest BCUT2D eigenvalue weighted by atomic mass is 9.96. The van der Waals surface area contributed by atoms with Crippen LogP contribution < -0.4 is 0 Å².